The quantitative estimate of drug-likeness (QED) is 0.352. The molecule has 1 amide bonds. The Balaban J connectivity index is 0.00000364. The summed E-state index contributed by atoms with van der Waals surface area (Å²) in [6, 6.07) is 7.88. The van der Waals surface area contributed by atoms with Gasteiger partial charge in [-0.05, 0) is 43.4 Å². The maximum absolute atomic E-state index is 12.3. The van der Waals surface area contributed by atoms with Gasteiger partial charge < -0.3 is 20.3 Å². The molecule has 152 valence electrons. The van der Waals surface area contributed by atoms with E-state index >= 15 is 0 Å². The fourth-order valence-electron chi connectivity index (χ4n) is 3.10. The van der Waals surface area contributed by atoms with E-state index in [4.69, 9.17) is 4.74 Å². The Hall–Kier alpha value is -1.51. The number of amides is 1. The molecule has 1 heterocycles. The fourth-order valence-corrected chi connectivity index (χ4v) is 3.10. The number of piperidine rings is 1. The van der Waals surface area contributed by atoms with E-state index in [2.05, 4.69) is 22.5 Å². The number of benzene rings is 1. The van der Waals surface area contributed by atoms with Gasteiger partial charge in [-0.25, -0.2) is 4.99 Å². The SMILES string of the molecule is CCNC(=NCc1ccc(OC)cc1)NCCC(=O)N1CCCC(C)C1.I. The molecule has 0 aliphatic carbocycles. The van der Waals surface area contributed by atoms with Crippen molar-refractivity contribution in [3.63, 3.8) is 0 Å². The van der Waals surface area contributed by atoms with E-state index in [1.165, 1.54) is 6.42 Å². The molecule has 0 bridgehead atoms. The molecule has 1 aromatic carbocycles. The van der Waals surface area contributed by atoms with E-state index in [-0.39, 0.29) is 29.9 Å². The third kappa shape index (κ3) is 8.36. The van der Waals surface area contributed by atoms with E-state index in [1.54, 1.807) is 7.11 Å². The average molecular weight is 488 g/mol. The van der Waals surface area contributed by atoms with Crippen molar-refractivity contribution in [1.29, 1.82) is 0 Å². The number of aliphatic imine (C=N–C) groups is 1. The molecule has 1 fully saturated rings. The molecule has 6 nitrogen and oxygen atoms in total. The Morgan fingerprint density at radius 1 is 1.30 bits per heavy atom. The van der Waals surface area contributed by atoms with Crippen molar-refractivity contribution in [2.75, 3.05) is 33.3 Å². The summed E-state index contributed by atoms with van der Waals surface area (Å²) in [7, 11) is 1.66. The predicted octanol–water partition coefficient (Wildman–Crippen LogP) is 3.02. The van der Waals surface area contributed by atoms with Gasteiger partial charge in [0.25, 0.3) is 0 Å². The van der Waals surface area contributed by atoms with Crippen LogP contribution in [0.15, 0.2) is 29.3 Å². The van der Waals surface area contributed by atoms with Crippen molar-refractivity contribution in [1.82, 2.24) is 15.5 Å². The smallest absolute Gasteiger partial charge is 0.224 e. The second-order valence-electron chi connectivity index (χ2n) is 6.81. The zero-order valence-corrected chi connectivity index (χ0v) is 19.0. The Morgan fingerprint density at radius 2 is 2.04 bits per heavy atom. The first-order valence-electron chi connectivity index (χ1n) is 9.55. The van der Waals surface area contributed by atoms with Crippen molar-refractivity contribution in [2.45, 2.75) is 39.7 Å². The molecule has 1 aliphatic heterocycles. The summed E-state index contributed by atoms with van der Waals surface area (Å²) in [6.07, 6.45) is 2.84. The molecular weight excluding hydrogens is 455 g/mol. The van der Waals surface area contributed by atoms with Crippen LogP contribution in [-0.2, 0) is 11.3 Å². The molecular formula is C20H33IN4O2. The molecule has 7 heteroatoms. The van der Waals surface area contributed by atoms with Crippen LogP contribution < -0.4 is 15.4 Å². The van der Waals surface area contributed by atoms with Gasteiger partial charge >= 0.3 is 0 Å². The van der Waals surface area contributed by atoms with Crippen molar-refractivity contribution in [3.05, 3.63) is 29.8 Å². The minimum Gasteiger partial charge on any atom is -0.497 e. The lowest BCUT2D eigenvalue weighted by atomic mass is 10.00. The first-order chi connectivity index (χ1) is 12.6. The van der Waals surface area contributed by atoms with Gasteiger partial charge in [0.15, 0.2) is 5.96 Å². The average Bonchev–Trinajstić information content (AvgIpc) is 2.66. The summed E-state index contributed by atoms with van der Waals surface area (Å²) in [5.41, 5.74) is 1.11. The first-order valence-corrected chi connectivity index (χ1v) is 9.55. The highest BCUT2D eigenvalue weighted by Gasteiger charge is 2.20. The normalized spacial score (nSPS) is 17.1. The molecule has 1 aliphatic rings. The lowest BCUT2D eigenvalue weighted by Crippen LogP contribution is -2.42. The van der Waals surface area contributed by atoms with Crippen LogP contribution >= 0.6 is 24.0 Å². The molecule has 0 spiro atoms. The number of methoxy groups -OCH3 is 1. The minimum atomic E-state index is 0. The number of carbonyl (C=O) groups excluding carboxylic acids is 1. The summed E-state index contributed by atoms with van der Waals surface area (Å²) in [5.74, 6) is 2.43. The standard InChI is InChI=1S/C20H32N4O2.HI/c1-4-21-20(23-14-17-7-9-18(26-3)10-8-17)22-12-11-19(25)24-13-5-6-16(2)15-24;/h7-10,16H,4-6,11-15H2,1-3H3,(H2,21,22,23);1H. The van der Waals surface area contributed by atoms with E-state index in [1.807, 2.05) is 36.1 Å². The Kier molecular flexibility index (Phi) is 11.2. The molecule has 1 unspecified atom stereocenters. The molecule has 0 aromatic heterocycles. The van der Waals surface area contributed by atoms with Crippen LogP contribution in [-0.4, -0.2) is 50.1 Å². The first kappa shape index (κ1) is 23.5. The van der Waals surface area contributed by atoms with E-state index in [0.29, 0.717) is 25.4 Å². The van der Waals surface area contributed by atoms with Crippen molar-refractivity contribution in [3.8, 4) is 5.75 Å². The highest BCUT2D eigenvalue weighted by Crippen LogP contribution is 2.16. The Labute approximate surface area is 180 Å². The summed E-state index contributed by atoms with van der Waals surface area (Å²) in [4.78, 5) is 18.9. The maximum atomic E-state index is 12.3. The third-order valence-corrected chi connectivity index (χ3v) is 4.56. The Bertz CT molecular complexity index is 592. The van der Waals surface area contributed by atoms with Crippen molar-refractivity contribution < 1.29 is 9.53 Å². The van der Waals surface area contributed by atoms with E-state index in [0.717, 1.165) is 43.3 Å². The number of nitrogens with zero attached hydrogens (tertiary/aromatic N) is 2. The number of nitrogens with one attached hydrogen (secondary N) is 2. The van der Waals surface area contributed by atoms with Crippen LogP contribution in [0.1, 0.15) is 38.7 Å². The maximum Gasteiger partial charge on any atom is 0.224 e. The van der Waals surface area contributed by atoms with Crippen LogP contribution in [0.25, 0.3) is 0 Å². The third-order valence-electron chi connectivity index (χ3n) is 4.56. The summed E-state index contributed by atoms with van der Waals surface area (Å²) >= 11 is 0. The van der Waals surface area contributed by atoms with Gasteiger partial charge in [0.2, 0.25) is 5.91 Å². The van der Waals surface area contributed by atoms with Crippen LogP contribution in [0.5, 0.6) is 5.75 Å². The number of hydrogen-bond donors (Lipinski definition) is 2. The summed E-state index contributed by atoms with van der Waals surface area (Å²) < 4.78 is 5.17. The number of rotatable bonds is 7. The number of carbonyl (C=O) groups is 1. The molecule has 0 radical (unpaired) electrons. The number of guanidine groups is 1. The van der Waals surface area contributed by atoms with Crippen LogP contribution in [0.3, 0.4) is 0 Å². The van der Waals surface area contributed by atoms with E-state index in [9.17, 15) is 4.79 Å². The number of likely N-dealkylation sites (tertiary alicyclic amines) is 1. The zero-order valence-electron chi connectivity index (χ0n) is 16.7. The number of ether oxygens (including phenoxy) is 1. The van der Waals surface area contributed by atoms with Gasteiger partial charge in [-0.2, -0.15) is 0 Å². The summed E-state index contributed by atoms with van der Waals surface area (Å²) in [5, 5.41) is 6.49. The topological polar surface area (TPSA) is 66.0 Å². The van der Waals surface area contributed by atoms with Gasteiger partial charge in [0, 0.05) is 32.6 Å². The minimum absolute atomic E-state index is 0. The van der Waals surface area contributed by atoms with Gasteiger partial charge in [-0.3, -0.25) is 4.79 Å². The second kappa shape index (κ2) is 12.8. The van der Waals surface area contributed by atoms with Crippen molar-refractivity contribution >= 4 is 35.8 Å². The van der Waals surface area contributed by atoms with Crippen molar-refractivity contribution in [2.24, 2.45) is 10.9 Å². The summed E-state index contributed by atoms with van der Waals surface area (Å²) in [6.45, 7) is 8.00. The molecule has 2 N–H and O–H groups in total. The fraction of sp³-hybridized carbons (Fsp3) is 0.600. The largest absolute Gasteiger partial charge is 0.497 e. The Morgan fingerprint density at radius 3 is 2.67 bits per heavy atom. The highest BCUT2D eigenvalue weighted by atomic mass is 127. The molecule has 2 rings (SSSR count). The van der Waals surface area contributed by atoms with Gasteiger partial charge in [-0.15, -0.1) is 24.0 Å². The lowest BCUT2D eigenvalue weighted by Gasteiger charge is -2.31. The number of hydrogen-bond acceptors (Lipinski definition) is 3. The zero-order chi connectivity index (χ0) is 18.8. The van der Waals surface area contributed by atoms with Crippen LogP contribution in [0.2, 0.25) is 0 Å². The molecule has 1 saturated heterocycles. The predicted molar refractivity (Wildman–Crippen MR) is 121 cm³/mol. The lowest BCUT2D eigenvalue weighted by molar-refractivity contribution is -0.132. The second-order valence-corrected chi connectivity index (χ2v) is 6.81. The number of halogens is 1. The molecule has 1 aromatic rings. The van der Waals surface area contributed by atoms with Crippen LogP contribution in [0, 0.1) is 5.92 Å². The molecule has 27 heavy (non-hydrogen) atoms. The van der Waals surface area contributed by atoms with Gasteiger partial charge in [-0.1, -0.05) is 19.1 Å². The van der Waals surface area contributed by atoms with E-state index < -0.39 is 0 Å². The monoisotopic (exact) mass is 488 g/mol. The highest BCUT2D eigenvalue weighted by molar-refractivity contribution is 14.0. The molecule has 1 atom stereocenters. The van der Waals surface area contributed by atoms with Crippen LogP contribution in [0.4, 0.5) is 0 Å². The van der Waals surface area contributed by atoms with Gasteiger partial charge in [0.1, 0.15) is 5.75 Å². The molecule has 0 saturated carbocycles. The van der Waals surface area contributed by atoms with Gasteiger partial charge in [0.05, 0.1) is 13.7 Å².